The summed E-state index contributed by atoms with van der Waals surface area (Å²) in [6, 6.07) is 20.6. The maximum Gasteiger partial charge on any atom is 0.264 e. The molecular weight excluding hydrogens is 545 g/mol. The lowest BCUT2D eigenvalue weighted by Crippen LogP contribution is -2.53. The van der Waals surface area contributed by atoms with Crippen molar-refractivity contribution in [1.82, 2.24) is 10.2 Å². The molecule has 0 aliphatic carbocycles. The van der Waals surface area contributed by atoms with Crippen LogP contribution in [0.2, 0.25) is 10.0 Å². The summed E-state index contributed by atoms with van der Waals surface area (Å²) >= 11 is 12.1. The van der Waals surface area contributed by atoms with Crippen LogP contribution in [0, 0.1) is 0 Å². The van der Waals surface area contributed by atoms with Crippen LogP contribution in [0.25, 0.3) is 0 Å². The first-order valence-corrected chi connectivity index (χ1v) is 14.4. The zero-order valence-electron chi connectivity index (χ0n) is 21.5. The zero-order chi connectivity index (χ0) is 27.9. The minimum Gasteiger partial charge on any atom is -0.352 e. The largest absolute Gasteiger partial charge is 0.352 e. The van der Waals surface area contributed by atoms with Crippen molar-refractivity contribution in [2.75, 3.05) is 17.4 Å². The van der Waals surface area contributed by atoms with Crippen molar-refractivity contribution in [3.8, 4) is 0 Å². The maximum absolute atomic E-state index is 13.8. The monoisotopic (exact) mass is 575 g/mol. The maximum atomic E-state index is 13.8. The molecule has 3 rings (SSSR count). The fourth-order valence-corrected chi connectivity index (χ4v) is 5.59. The van der Waals surface area contributed by atoms with Gasteiger partial charge >= 0.3 is 0 Å². The van der Waals surface area contributed by atoms with Crippen LogP contribution in [-0.4, -0.2) is 50.3 Å². The second-order valence-electron chi connectivity index (χ2n) is 9.11. The molecule has 3 aromatic carbocycles. The van der Waals surface area contributed by atoms with E-state index >= 15 is 0 Å². The molecule has 3 aromatic rings. The molecule has 0 saturated carbocycles. The first-order valence-electron chi connectivity index (χ1n) is 12.2. The number of rotatable bonds is 11. The number of anilines is 1. The van der Waals surface area contributed by atoms with E-state index in [1.165, 1.54) is 35.2 Å². The summed E-state index contributed by atoms with van der Waals surface area (Å²) in [5.74, 6) is -0.846. The van der Waals surface area contributed by atoms with Crippen LogP contribution in [0.4, 0.5) is 5.69 Å². The first kappa shape index (κ1) is 29.5. The van der Waals surface area contributed by atoms with E-state index < -0.39 is 28.5 Å². The quantitative estimate of drug-likeness (QED) is 0.341. The molecule has 0 bridgehead atoms. The molecule has 0 radical (unpaired) electrons. The number of hydrogen-bond acceptors (Lipinski definition) is 4. The minimum absolute atomic E-state index is 0.0314. The Hall–Kier alpha value is -3.07. The fourth-order valence-electron chi connectivity index (χ4n) is 3.87. The highest BCUT2D eigenvalue weighted by Gasteiger charge is 2.32. The molecule has 7 nitrogen and oxygen atoms in total. The van der Waals surface area contributed by atoms with Crippen LogP contribution in [0.1, 0.15) is 26.3 Å². The van der Waals surface area contributed by atoms with Crippen LogP contribution in [-0.2, 0) is 26.0 Å². The summed E-state index contributed by atoms with van der Waals surface area (Å²) < 4.78 is 28.5. The van der Waals surface area contributed by atoms with Crippen LogP contribution in [0.15, 0.2) is 83.8 Å². The van der Waals surface area contributed by atoms with Gasteiger partial charge in [-0.05, 0) is 75.2 Å². The molecule has 0 heterocycles. The van der Waals surface area contributed by atoms with Gasteiger partial charge in [0.25, 0.3) is 10.0 Å². The Kier molecular flexibility index (Phi) is 10.2. The number of benzene rings is 3. The summed E-state index contributed by atoms with van der Waals surface area (Å²) in [5.41, 5.74) is 1.21. The Labute approximate surface area is 234 Å². The van der Waals surface area contributed by atoms with Crippen molar-refractivity contribution in [2.45, 2.75) is 44.2 Å². The Morgan fingerprint density at radius 2 is 1.53 bits per heavy atom. The fraction of sp³-hybridized carbons (Fsp3) is 0.286. The molecule has 1 N–H and O–H groups in total. The number of nitrogens with one attached hydrogen (secondary N) is 1. The Morgan fingerprint density at radius 3 is 2.13 bits per heavy atom. The van der Waals surface area contributed by atoms with Crippen molar-refractivity contribution < 1.29 is 18.0 Å². The molecule has 2 amide bonds. The van der Waals surface area contributed by atoms with Crippen LogP contribution < -0.4 is 9.62 Å². The van der Waals surface area contributed by atoms with Gasteiger partial charge in [-0.15, -0.1) is 0 Å². The third-order valence-corrected chi connectivity index (χ3v) is 8.13. The van der Waals surface area contributed by atoms with Crippen molar-refractivity contribution in [3.63, 3.8) is 0 Å². The molecule has 10 heteroatoms. The van der Waals surface area contributed by atoms with Crippen molar-refractivity contribution >= 4 is 50.7 Å². The highest BCUT2D eigenvalue weighted by Crippen LogP contribution is 2.27. The third-order valence-electron chi connectivity index (χ3n) is 5.86. The van der Waals surface area contributed by atoms with E-state index in [4.69, 9.17) is 23.2 Å². The van der Waals surface area contributed by atoms with E-state index in [0.29, 0.717) is 16.5 Å². The Bertz CT molecular complexity index is 1350. The minimum atomic E-state index is -4.18. The summed E-state index contributed by atoms with van der Waals surface area (Å²) in [6.45, 7) is 5.00. The molecule has 1 atom stereocenters. The number of carbonyl (C=O) groups is 2. The number of sulfonamides is 1. The molecule has 38 heavy (non-hydrogen) atoms. The number of carbonyl (C=O) groups excluding carboxylic acids is 2. The molecule has 0 spiro atoms. The van der Waals surface area contributed by atoms with E-state index in [2.05, 4.69) is 5.32 Å². The average molecular weight is 577 g/mol. The van der Waals surface area contributed by atoms with Crippen LogP contribution in [0.3, 0.4) is 0 Å². The lowest BCUT2D eigenvalue weighted by molar-refractivity contribution is -0.139. The molecule has 0 saturated heterocycles. The van der Waals surface area contributed by atoms with Gasteiger partial charge in [0, 0.05) is 22.6 Å². The van der Waals surface area contributed by atoms with Gasteiger partial charge in [-0.2, -0.15) is 0 Å². The second kappa shape index (κ2) is 13.1. The van der Waals surface area contributed by atoms with Gasteiger partial charge in [0.1, 0.15) is 12.6 Å². The standard InChI is InChI=1S/C28H31Cl2N3O4S/c1-20(2)31-28(35)21(3)32(17-16-22-8-5-4-6-9-22)27(34)19-33(25-11-7-10-24(30)18-25)38(36,37)26-14-12-23(29)13-15-26/h4-15,18,20-21H,16-17,19H2,1-3H3,(H,31,35)/t21-/m0/s1. The van der Waals surface area contributed by atoms with E-state index in [0.717, 1.165) is 9.87 Å². The molecule has 202 valence electrons. The summed E-state index contributed by atoms with van der Waals surface area (Å²) in [4.78, 5) is 28.1. The molecule has 0 aliphatic heterocycles. The van der Waals surface area contributed by atoms with Gasteiger partial charge in [0.05, 0.1) is 10.6 Å². The van der Waals surface area contributed by atoms with Gasteiger partial charge in [-0.1, -0.05) is 59.6 Å². The molecule has 0 fully saturated rings. The number of halogens is 2. The molecule has 0 aromatic heterocycles. The lowest BCUT2D eigenvalue weighted by atomic mass is 10.1. The van der Waals surface area contributed by atoms with E-state index in [1.54, 1.807) is 25.1 Å². The average Bonchev–Trinajstić information content (AvgIpc) is 2.87. The van der Waals surface area contributed by atoms with Gasteiger partial charge in [0.2, 0.25) is 11.8 Å². The zero-order valence-corrected chi connectivity index (χ0v) is 23.8. The SMILES string of the molecule is CC(C)NC(=O)[C@H](C)N(CCc1ccccc1)C(=O)CN(c1cccc(Cl)c1)S(=O)(=O)c1ccc(Cl)cc1. The number of amides is 2. The first-order chi connectivity index (χ1) is 18.0. The second-order valence-corrected chi connectivity index (χ2v) is 11.8. The van der Waals surface area contributed by atoms with Gasteiger partial charge < -0.3 is 10.2 Å². The summed E-state index contributed by atoms with van der Waals surface area (Å²) in [5, 5.41) is 3.53. The molecular formula is C28H31Cl2N3O4S. The highest BCUT2D eigenvalue weighted by atomic mass is 35.5. The number of hydrogen-bond donors (Lipinski definition) is 1. The van der Waals surface area contributed by atoms with Crippen molar-refractivity contribution in [1.29, 1.82) is 0 Å². The molecule has 0 unspecified atom stereocenters. The summed E-state index contributed by atoms with van der Waals surface area (Å²) in [7, 11) is -4.18. The predicted molar refractivity (Wildman–Crippen MR) is 152 cm³/mol. The Balaban J connectivity index is 1.98. The van der Waals surface area contributed by atoms with E-state index in [9.17, 15) is 18.0 Å². The van der Waals surface area contributed by atoms with Gasteiger partial charge in [0.15, 0.2) is 0 Å². The van der Waals surface area contributed by atoms with Crippen LogP contribution >= 0.6 is 23.2 Å². The normalized spacial score (nSPS) is 12.2. The van der Waals surface area contributed by atoms with Crippen molar-refractivity contribution in [2.24, 2.45) is 0 Å². The Morgan fingerprint density at radius 1 is 0.868 bits per heavy atom. The molecule has 0 aliphatic rings. The highest BCUT2D eigenvalue weighted by molar-refractivity contribution is 7.92. The predicted octanol–water partition coefficient (Wildman–Crippen LogP) is 5.17. The van der Waals surface area contributed by atoms with E-state index in [1.807, 2.05) is 44.2 Å². The smallest absolute Gasteiger partial charge is 0.264 e. The van der Waals surface area contributed by atoms with E-state index in [-0.39, 0.29) is 29.1 Å². The topological polar surface area (TPSA) is 86.8 Å². The van der Waals surface area contributed by atoms with Crippen molar-refractivity contribution in [3.05, 3.63) is 94.5 Å². The third kappa shape index (κ3) is 7.72. The van der Waals surface area contributed by atoms with Crippen LogP contribution in [0.5, 0.6) is 0 Å². The lowest BCUT2D eigenvalue weighted by Gasteiger charge is -2.32. The number of nitrogens with zero attached hydrogens (tertiary/aromatic N) is 2. The summed E-state index contributed by atoms with van der Waals surface area (Å²) in [6.07, 6.45) is 0.493. The van der Waals surface area contributed by atoms with Gasteiger partial charge in [-0.3, -0.25) is 13.9 Å². The van der Waals surface area contributed by atoms with Gasteiger partial charge in [-0.25, -0.2) is 8.42 Å².